The molecule has 0 bridgehead atoms. The monoisotopic (exact) mass is 238 g/mol. The predicted octanol–water partition coefficient (Wildman–Crippen LogP) is 3.03. The molecule has 3 unspecified atom stereocenters. The van der Waals surface area contributed by atoms with E-state index in [1.54, 1.807) is 0 Å². The van der Waals surface area contributed by atoms with Crippen molar-refractivity contribution in [1.82, 2.24) is 10.2 Å². The molecule has 1 saturated carbocycles. The quantitative estimate of drug-likeness (QED) is 0.813. The molecule has 17 heavy (non-hydrogen) atoms. The smallest absolute Gasteiger partial charge is 0.0192 e. The molecule has 1 saturated heterocycles. The van der Waals surface area contributed by atoms with Gasteiger partial charge in [-0.05, 0) is 44.7 Å². The van der Waals surface area contributed by atoms with Gasteiger partial charge >= 0.3 is 0 Å². The van der Waals surface area contributed by atoms with Crippen molar-refractivity contribution in [1.29, 1.82) is 0 Å². The highest BCUT2D eigenvalue weighted by Gasteiger charge is 2.30. The first-order valence-corrected chi connectivity index (χ1v) is 7.82. The van der Waals surface area contributed by atoms with E-state index in [2.05, 4.69) is 24.1 Å². The average Bonchev–Trinajstić information content (AvgIpc) is 2.64. The van der Waals surface area contributed by atoms with Crippen molar-refractivity contribution >= 4 is 0 Å². The molecule has 0 aromatic carbocycles. The van der Waals surface area contributed by atoms with Crippen LogP contribution in [0.3, 0.4) is 0 Å². The lowest BCUT2D eigenvalue weighted by molar-refractivity contribution is 0.0987. The summed E-state index contributed by atoms with van der Waals surface area (Å²) in [6.45, 7) is 8.54. The second-order valence-electron chi connectivity index (χ2n) is 5.93. The number of nitrogens with zero attached hydrogens (tertiary/aromatic N) is 1. The number of hydrogen-bond acceptors (Lipinski definition) is 2. The molecule has 2 nitrogen and oxygen atoms in total. The summed E-state index contributed by atoms with van der Waals surface area (Å²) >= 11 is 0. The first-order chi connectivity index (χ1) is 8.35. The molecule has 1 aliphatic carbocycles. The lowest BCUT2D eigenvalue weighted by Crippen LogP contribution is -2.46. The Morgan fingerprint density at radius 2 is 1.88 bits per heavy atom. The minimum Gasteiger partial charge on any atom is -0.313 e. The van der Waals surface area contributed by atoms with Gasteiger partial charge in [0.05, 0.1) is 0 Å². The van der Waals surface area contributed by atoms with Crippen molar-refractivity contribution in [2.75, 3.05) is 19.6 Å². The molecule has 100 valence electrons. The summed E-state index contributed by atoms with van der Waals surface area (Å²) in [6.07, 6.45) is 9.85. The van der Waals surface area contributed by atoms with E-state index in [9.17, 15) is 0 Å². The molecule has 2 rings (SSSR count). The van der Waals surface area contributed by atoms with Gasteiger partial charge in [0, 0.05) is 18.6 Å². The molecule has 1 N–H and O–H groups in total. The fourth-order valence-electron chi connectivity index (χ4n) is 3.75. The third kappa shape index (κ3) is 3.45. The first-order valence-electron chi connectivity index (χ1n) is 7.82. The highest BCUT2D eigenvalue weighted by Crippen LogP contribution is 2.31. The first kappa shape index (κ1) is 13.4. The van der Waals surface area contributed by atoms with Crippen molar-refractivity contribution < 1.29 is 0 Å². The molecule has 0 aromatic rings. The van der Waals surface area contributed by atoms with Crippen molar-refractivity contribution in [2.45, 2.75) is 70.9 Å². The van der Waals surface area contributed by atoms with E-state index in [0.29, 0.717) is 0 Å². The van der Waals surface area contributed by atoms with Gasteiger partial charge in [0.15, 0.2) is 0 Å². The number of nitrogens with one attached hydrogen (secondary N) is 1. The maximum atomic E-state index is 3.69. The zero-order valence-corrected chi connectivity index (χ0v) is 11.8. The van der Waals surface area contributed by atoms with Gasteiger partial charge in [0.25, 0.3) is 0 Å². The molecule has 3 atom stereocenters. The van der Waals surface area contributed by atoms with Gasteiger partial charge in [0.2, 0.25) is 0 Å². The van der Waals surface area contributed by atoms with Crippen LogP contribution in [0.15, 0.2) is 0 Å². The molecule has 2 heteroatoms. The van der Waals surface area contributed by atoms with Crippen molar-refractivity contribution in [3.05, 3.63) is 0 Å². The second-order valence-corrected chi connectivity index (χ2v) is 5.93. The fourth-order valence-corrected chi connectivity index (χ4v) is 3.75. The van der Waals surface area contributed by atoms with Crippen LogP contribution in [0.2, 0.25) is 0 Å². The van der Waals surface area contributed by atoms with Gasteiger partial charge in [0.1, 0.15) is 0 Å². The number of rotatable bonds is 3. The Balaban J connectivity index is 1.97. The molecule has 2 aliphatic rings. The Morgan fingerprint density at radius 1 is 1.06 bits per heavy atom. The standard InChI is InChI=1S/C15H30N2/c1-3-13-8-5-6-9-15(13)17-11-7-10-16-14(4-2)12-17/h13-16H,3-12H2,1-2H3. The Morgan fingerprint density at radius 3 is 2.65 bits per heavy atom. The topological polar surface area (TPSA) is 15.3 Å². The van der Waals surface area contributed by atoms with Crippen molar-refractivity contribution in [3.8, 4) is 0 Å². The summed E-state index contributed by atoms with van der Waals surface area (Å²) in [6, 6.07) is 1.62. The highest BCUT2D eigenvalue weighted by molar-refractivity contribution is 4.86. The summed E-state index contributed by atoms with van der Waals surface area (Å²) in [4.78, 5) is 2.82. The van der Waals surface area contributed by atoms with Crippen LogP contribution >= 0.6 is 0 Å². The fraction of sp³-hybridized carbons (Fsp3) is 1.00. The van der Waals surface area contributed by atoms with Crippen LogP contribution in [0, 0.1) is 5.92 Å². The van der Waals surface area contributed by atoms with Crippen LogP contribution in [0.25, 0.3) is 0 Å². The van der Waals surface area contributed by atoms with E-state index in [4.69, 9.17) is 0 Å². The maximum absolute atomic E-state index is 3.69. The zero-order chi connectivity index (χ0) is 12.1. The van der Waals surface area contributed by atoms with Crippen LogP contribution in [-0.4, -0.2) is 36.6 Å². The van der Waals surface area contributed by atoms with Crippen LogP contribution in [-0.2, 0) is 0 Å². The minimum atomic E-state index is 0.733. The summed E-state index contributed by atoms with van der Waals surface area (Å²) in [5.74, 6) is 0.972. The lowest BCUT2D eigenvalue weighted by Gasteiger charge is -2.40. The third-order valence-electron chi connectivity index (χ3n) is 4.87. The molecule has 0 radical (unpaired) electrons. The van der Waals surface area contributed by atoms with Crippen molar-refractivity contribution in [2.24, 2.45) is 5.92 Å². The van der Waals surface area contributed by atoms with E-state index in [1.807, 2.05) is 0 Å². The highest BCUT2D eigenvalue weighted by atomic mass is 15.2. The van der Waals surface area contributed by atoms with Crippen LogP contribution in [0.1, 0.15) is 58.8 Å². The molecule has 2 fully saturated rings. The van der Waals surface area contributed by atoms with Gasteiger partial charge in [-0.15, -0.1) is 0 Å². The van der Waals surface area contributed by atoms with Crippen molar-refractivity contribution in [3.63, 3.8) is 0 Å². The molecule has 0 amide bonds. The molecular weight excluding hydrogens is 208 g/mol. The van der Waals surface area contributed by atoms with E-state index in [0.717, 1.165) is 18.0 Å². The van der Waals surface area contributed by atoms with Gasteiger partial charge in [-0.1, -0.05) is 33.1 Å². The van der Waals surface area contributed by atoms with E-state index >= 15 is 0 Å². The third-order valence-corrected chi connectivity index (χ3v) is 4.87. The van der Waals surface area contributed by atoms with Gasteiger partial charge in [-0.2, -0.15) is 0 Å². The Labute approximate surface area is 107 Å². The second kappa shape index (κ2) is 6.75. The molecule has 1 aliphatic heterocycles. The SMILES string of the molecule is CCC1CN(C2CCCCC2CC)CCCN1. The van der Waals surface area contributed by atoms with E-state index in [1.165, 1.54) is 64.6 Å². The van der Waals surface area contributed by atoms with Crippen LogP contribution in [0.5, 0.6) is 0 Å². The average molecular weight is 238 g/mol. The minimum absolute atomic E-state index is 0.733. The van der Waals surface area contributed by atoms with E-state index in [-0.39, 0.29) is 0 Å². The predicted molar refractivity (Wildman–Crippen MR) is 74.3 cm³/mol. The zero-order valence-electron chi connectivity index (χ0n) is 11.8. The summed E-state index contributed by atoms with van der Waals surface area (Å²) in [5.41, 5.74) is 0. The van der Waals surface area contributed by atoms with Gasteiger partial charge in [-0.25, -0.2) is 0 Å². The van der Waals surface area contributed by atoms with Crippen LogP contribution in [0.4, 0.5) is 0 Å². The Hall–Kier alpha value is -0.0800. The lowest BCUT2D eigenvalue weighted by atomic mass is 9.81. The summed E-state index contributed by atoms with van der Waals surface area (Å²) in [5, 5.41) is 3.69. The summed E-state index contributed by atoms with van der Waals surface area (Å²) in [7, 11) is 0. The Bertz CT molecular complexity index is 217. The Kier molecular flexibility index (Phi) is 5.30. The van der Waals surface area contributed by atoms with E-state index < -0.39 is 0 Å². The van der Waals surface area contributed by atoms with Gasteiger partial charge in [-0.3, -0.25) is 4.90 Å². The maximum Gasteiger partial charge on any atom is 0.0192 e. The molecule has 1 heterocycles. The normalized spacial score (nSPS) is 36.7. The number of hydrogen-bond donors (Lipinski definition) is 1. The largest absolute Gasteiger partial charge is 0.313 e. The molecular formula is C15H30N2. The molecule has 0 aromatic heterocycles. The molecule has 0 spiro atoms. The summed E-state index contributed by atoms with van der Waals surface area (Å²) < 4.78 is 0. The van der Waals surface area contributed by atoms with Crippen LogP contribution < -0.4 is 5.32 Å². The van der Waals surface area contributed by atoms with Gasteiger partial charge < -0.3 is 5.32 Å².